The van der Waals surface area contributed by atoms with Crippen molar-refractivity contribution in [3.05, 3.63) is 35.4 Å². The molecule has 3 N–H and O–H groups in total. The van der Waals surface area contributed by atoms with Gasteiger partial charge in [0.15, 0.2) is 6.04 Å². The summed E-state index contributed by atoms with van der Waals surface area (Å²) in [7, 11) is 0. The highest BCUT2D eigenvalue weighted by molar-refractivity contribution is 5.96. The Hall–Kier alpha value is -2.57. The second kappa shape index (κ2) is 5.82. The second-order valence-electron chi connectivity index (χ2n) is 5.09. The zero-order chi connectivity index (χ0) is 15.6. The molecule has 7 nitrogen and oxygen atoms in total. The number of amides is 4. The SMILES string of the molecule is Cc1ccc(C(NC(=O)N2CC(C)NC2=O)C(=O)O)cc1. The second-order valence-corrected chi connectivity index (χ2v) is 5.09. The fraction of sp³-hybridized carbons (Fsp3) is 0.357. The molecule has 0 bridgehead atoms. The van der Waals surface area contributed by atoms with Crippen molar-refractivity contribution in [2.75, 3.05) is 6.54 Å². The summed E-state index contributed by atoms with van der Waals surface area (Å²) >= 11 is 0. The fourth-order valence-electron chi connectivity index (χ4n) is 2.11. The Morgan fingerprint density at radius 3 is 2.48 bits per heavy atom. The lowest BCUT2D eigenvalue weighted by atomic mass is 10.1. The minimum Gasteiger partial charge on any atom is -0.479 e. The van der Waals surface area contributed by atoms with E-state index in [1.54, 1.807) is 31.2 Å². The van der Waals surface area contributed by atoms with Gasteiger partial charge in [0.25, 0.3) is 0 Å². The maximum atomic E-state index is 12.0. The first kappa shape index (κ1) is 14.8. The van der Waals surface area contributed by atoms with Gasteiger partial charge in [-0.3, -0.25) is 0 Å². The molecule has 21 heavy (non-hydrogen) atoms. The lowest BCUT2D eigenvalue weighted by molar-refractivity contribution is -0.139. The number of hydrogen-bond acceptors (Lipinski definition) is 3. The molecule has 1 aromatic rings. The van der Waals surface area contributed by atoms with Gasteiger partial charge in [-0.05, 0) is 19.4 Å². The number of hydrogen-bond donors (Lipinski definition) is 3. The molecule has 1 saturated heterocycles. The molecule has 4 amide bonds. The summed E-state index contributed by atoms with van der Waals surface area (Å²) < 4.78 is 0. The molecule has 1 aromatic carbocycles. The van der Waals surface area contributed by atoms with E-state index in [0.717, 1.165) is 10.5 Å². The van der Waals surface area contributed by atoms with Crippen LogP contribution in [-0.2, 0) is 4.79 Å². The average molecular weight is 291 g/mol. The first-order chi connectivity index (χ1) is 9.88. The molecule has 0 saturated carbocycles. The van der Waals surface area contributed by atoms with Gasteiger partial charge in [0.2, 0.25) is 0 Å². The summed E-state index contributed by atoms with van der Waals surface area (Å²) in [6.07, 6.45) is 0. The Kier molecular flexibility index (Phi) is 4.11. The van der Waals surface area contributed by atoms with Crippen LogP contribution in [0, 0.1) is 6.92 Å². The first-order valence-corrected chi connectivity index (χ1v) is 6.56. The molecule has 112 valence electrons. The topological polar surface area (TPSA) is 98.7 Å². The van der Waals surface area contributed by atoms with E-state index in [-0.39, 0.29) is 12.6 Å². The molecule has 7 heteroatoms. The number of carbonyl (C=O) groups is 3. The van der Waals surface area contributed by atoms with E-state index < -0.39 is 24.1 Å². The fourth-order valence-corrected chi connectivity index (χ4v) is 2.11. The monoisotopic (exact) mass is 291 g/mol. The molecule has 2 atom stereocenters. The van der Waals surface area contributed by atoms with Gasteiger partial charge in [0.1, 0.15) is 0 Å². The molecule has 0 aliphatic carbocycles. The summed E-state index contributed by atoms with van der Waals surface area (Å²) in [4.78, 5) is 35.9. The van der Waals surface area contributed by atoms with Crippen molar-refractivity contribution < 1.29 is 19.5 Å². The van der Waals surface area contributed by atoms with Gasteiger partial charge >= 0.3 is 18.0 Å². The van der Waals surface area contributed by atoms with Crippen molar-refractivity contribution in [3.63, 3.8) is 0 Å². The first-order valence-electron chi connectivity index (χ1n) is 6.56. The van der Waals surface area contributed by atoms with E-state index in [1.807, 2.05) is 6.92 Å². The van der Waals surface area contributed by atoms with Gasteiger partial charge in [-0.1, -0.05) is 29.8 Å². The van der Waals surface area contributed by atoms with Crippen LogP contribution in [0.15, 0.2) is 24.3 Å². The molecule has 0 aromatic heterocycles. The maximum absolute atomic E-state index is 12.0. The molecular weight excluding hydrogens is 274 g/mol. The van der Waals surface area contributed by atoms with Crippen LogP contribution in [0.1, 0.15) is 24.1 Å². The zero-order valence-electron chi connectivity index (χ0n) is 11.8. The van der Waals surface area contributed by atoms with E-state index in [9.17, 15) is 19.5 Å². The van der Waals surface area contributed by atoms with E-state index in [1.165, 1.54) is 0 Å². The lowest BCUT2D eigenvalue weighted by Crippen LogP contribution is -2.45. The minimum atomic E-state index is -1.19. The number of nitrogens with zero attached hydrogens (tertiary/aromatic N) is 1. The highest BCUT2D eigenvalue weighted by atomic mass is 16.4. The number of carbonyl (C=O) groups excluding carboxylic acids is 2. The van der Waals surface area contributed by atoms with Gasteiger partial charge in [0, 0.05) is 6.04 Å². The Morgan fingerprint density at radius 2 is 2.00 bits per heavy atom. The standard InChI is InChI=1S/C14H17N3O4/c1-8-3-5-10(6-4-8)11(12(18)19)16-14(21)17-7-9(2)15-13(17)20/h3-6,9,11H,7H2,1-2H3,(H,15,20)(H,16,21)(H,18,19). The van der Waals surface area contributed by atoms with Crippen molar-refractivity contribution >= 4 is 18.0 Å². The molecule has 0 radical (unpaired) electrons. The average Bonchev–Trinajstić information content (AvgIpc) is 2.76. The number of nitrogens with one attached hydrogen (secondary N) is 2. The molecule has 2 rings (SSSR count). The van der Waals surface area contributed by atoms with Crippen LogP contribution < -0.4 is 10.6 Å². The number of imide groups is 1. The normalized spacial score (nSPS) is 19.0. The largest absolute Gasteiger partial charge is 0.479 e. The summed E-state index contributed by atoms with van der Waals surface area (Å²) in [5, 5.41) is 14.2. The van der Waals surface area contributed by atoms with Gasteiger partial charge in [-0.25, -0.2) is 19.3 Å². The van der Waals surface area contributed by atoms with Gasteiger partial charge in [-0.15, -0.1) is 0 Å². The van der Waals surface area contributed by atoms with Crippen LogP contribution in [0.25, 0.3) is 0 Å². The zero-order valence-corrected chi connectivity index (χ0v) is 11.8. The van der Waals surface area contributed by atoms with E-state index in [4.69, 9.17) is 0 Å². The van der Waals surface area contributed by atoms with Crippen molar-refractivity contribution in [1.82, 2.24) is 15.5 Å². The number of carboxylic acids is 1. The molecule has 1 aliphatic heterocycles. The summed E-state index contributed by atoms with van der Waals surface area (Å²) in [6, 6.07) is 4.23. The molecule has 0 spiro atoms. The number of carboxylic acid groups (broad SMARTS) is 1. The van der Waals surface area contributed by atoms with Crippen LogP contribution in [0.3, 0.4) is 0 Å². The molecule has 1 fully saturated rings. The van der Waals surface area contributed by atoms with E-state index in [0.29, 0.717) is 5.56 Å². The van der Waals surface area contributed by atoms with Crippen molar-refractivity contribution in [2.45, 2.75) is 25.9 Å². The quantitative estimate of drug-likeness (QED) is 0.780. The van der Waals surface area contributed by atoms with Gasteiger partial charge < -0.3 is 15.7 Å². The van der Waals surface area contributed by atoms with Crippen LogP contribution in [0.4, 0.5) is 9.59 Å². The van der Waals surface area contributed by atoms with Crippen LogP contribution in [0.5, 0.6) is 0 Å². The maximum Gasteiger partial charge on any atom is 0.330 e. The smallest absolute Gasteiger partial charge is 0.330 e. The highest BCUT2D eigenvalue weighted by Gasteiger charge is 2.33. The minimum absolute atomic E-state index is 0.147. The third-order valence-electron chi connectivity index (χ3n) is 3.24. The van der Waals surface area contributed by atoms with E-state index >= 15 is 0 Å². The third-order valence-corrected chi connectivity index (χ3v) is 3.24. The summed E-state index contributed by atoms with van der Waals surface area (Å²) in [5.41, 5.74) is 1.44. The molecule has 1 heterocycles. The Morgan fingerprint density at radius 1 is 1.38 bits per heavy atom. The van der Waals surface area contributed by atoms with Crippen molar-refractivity contribution in [3.8, 4) is 0 Å². The molecule has 1 aliphatic rings. The van der Waals surface area contributed by atoms with Crippen LogP contribution in [-0.4, -0.2) is 40.6 Å². The molecular formula is C14H17N3O4. The Labute approximate surface area is 121 Å². The number of aryl methyl sites for hydroxylation is 1. The highest BCUT2D eigenvalue weighted by Crippen LogP contribution is 2.15. The predicted molar refractivity (Wildman–Crippen MR) is 74.8 cm³/mol. The molecule has 2 unspecified atom stereocenters. The van der Waals surface area contributed by atoms with Crippen LogP contribution >= 0.6 is 0 Å². The number of urea groups is 2. The lowest BCUT2D eigenvalue weighted by Gasteiger charge is -2.19. The Bertz CT molecular complexity index is 570. The van der Waals surface area contributed by atoms with Gasteiger partial charge in [-0.2, -0.15) is 0 Å². The Balaban J connectivity index is 2.13. The van der Waals surface area contributed by atoms with Gasteiger partial charge in [0.05, 0.1) is 6.54 Å². The number of benzene rings is 1. The van der Waals surface area contributed by atoms with Crippen LogP contribution in [0.2, 0.25) is 0 Å². The van der Waals surface area contributed by atoms with Crippen molar-refractivity contribution in [1.29, 1.82) is 0 Å². The third kappa shape index (κ3) is 3.31. The van der Waals surface area contributed by atoms with Crippen molar-refractivity contribution in [2.24, 2.45) is 0 Å². The predicted octanol–water partition coefficient (Wildman–Crippen LogP) is 1.24. The summed E-state index contributed by atoms with van der Waals surface area (Å²) in [6.45, 7) is 3.86. The number of rotatable bonds is 3. The number of aliphatic carboxylic acids is 1. The summed E-state index contributed by atoms with van der Waals surface area (Å²) in [5.74, 6) is -1.18. The van der Waals surface area contributed by atoms with E-state index in [2.05, 4.69) is 10.6 Å².